The molecule has 3 aromatic rings. The van der Waals surface area contributed by atoms with Crippen molar-refractivity contribution >= 4 is 27.6 Å². The summed E-state index contributed by atoms with van der Waals surface area (Å²) in [5.74, 6) is 1.47. The molecule has 0 radical (unpaired) electrons. The average Bonchev–Trinajstić information content (AvgIpc) is 2.77. The van der Waals surface area contributed by atoms with Crippen LogP contribution in [0.25, 0.3) is 11.6 Å². The van der Waals surface area contributed by atoms with Gasteiger partial charge in [0.25, 0.3) is 0 Å². The van der Waals surface area contributed by atoms with E-state index in [0.717, 1.165) is 16.9 Å². The third kappa shape index (κ3) is 5.87. The van der Waals surface area contributed by atoms with Gasteiger partial charge in [-0.2, -0.15) is 5.26 Å². The molecule has 0 aliphatic heterocycles. The average molecular weight is 482 g/mol. The minimum absolute atomic E-state index is 0.195. The largest absolute Gasteiger partial charge is 0.497 e. The Labute approximate surface area is 189 Å². The predicted molar refractivity (Wildman–Crippen MR) is 123 cm³/mol. The lowest BCUT2D eigenvalue weighted by atomic mass is 10.0. The summed E-state index contributed by atoms with van der Waals surface area (Å²) in [5.41, 5.74) is 2.78. The van der Waals surface area contributed by atoms with Gasteiger partial charge in [0.05, 0.1) is 29.8 Å². The molecule has 0 aliphatic carbocycles. The number of allylic oxidation sites excluding steroid dienone is 1. The highest BCUT2D eigenvalue weighted by atomic mass is 79.9. The molecule has 0 heterocycles. The van der Waals surface area contributed by atoms with Gasteiger partial charge in [0.1, 0.15) is 18.2 Å². The molecule has 0 amide bonds. The van der Waals surface area contributed by atoms with Crippen LogP contribution in [0.4, 0.5) is 4.39 Å². The van der Waals surface area contributed by atoms with Gasteiger partial charge in [0, 0.05) is 0 Å². The molecule has 31 heavy (non-hydrogen) atoms. The Balaban J connectivity index is 1.90. The van der Waals surface area contributed by atoms with Crippen molar-refractivity contribution in [1.82, 2.24) is 0 Å². The van der Waals surface area contributed by atoms with Gasteiger partial charge >= 0.3 is 0 Å². The Morgan fingerprint density at radius 1 is 1.10 bits per heavy atom. The summed E-state index contributed by atoms with van der Waals surface area (Å²) in [6, 6.07) is 19.5. The second-order valence-corrected chi connectivity index (χ2v) is 7.43. The fraction of sp³-hybridized carbons (Fsp3) is 0.160. The van der Waals surface area contributed by atoms with Gasteiger partial charge in [-0.3, -0.25) is 0 Å². The Hall–Kier alpha value is -3.30. The third-order valence-corrected chi connectivity index (χ3v) is 5.03. The van der Waals surface area contributed by atoms with Crippen LogP contribution in [0, 0.1) is 17.1 Å². The van der Waals surface area contributed by atoms with Crippen LogP contribution in [0.15, 0.2) is 65.1 Å². The van der Waals surface area contributed by atoms with E-state index in [9.17, 15) is 9.65 Å². The lowest BCUT2D eigenvalue weighted by Gasteiger charge is -2.15. The molecule has 0 aromatic heterocycles. The minimum Gasteiger partial charge on any atom is -0.497 e. The van der Waals surface area contributed by atoms with E-state index in [1.807, 2.05) is 43.3 Å². The standard InChI is InChI=1S/C25H21BrFNO3/c1-3-30-24-14-18(11-20(15-28)19-7-9-22(29-2)10-8-19)13-23(26)25(24)31-16-17-5-4-6-21(27)12-17/h4-14H,3,16H2,1-2H3/b20-11+. The van der Waals surface area contributed by atoms with Gasteiger partial charge < -0.3 is 14.2 Å². The first-order chi connectivity index (χ1) is 15.0. The third-order valence-electron chi connectivity index (χ3n) is 4.44. The van der Waals surface area contributed by atoms with E-state index in [2.05, 4.69) is 22.0 Å². The van der Waals surface area contributed by atoms with Gasteiger partial charge in [0.15, 0.2) is 11.5 Å². The molecular weight excluding hydrogens is 461 g/mol. The summed E-state index contributed by atoms with van der Waals surface area (Å²) >= 11 is 3.54. The monoisotopic (exact) mass is 481 g/mol. The molecule has 158 valence electrons. The van der Waals surface area contributed by atoms with Crippen LogP contribution in [0.2, 0.25) is 0 Å². The number of hydrogen-bond acceptors (Lipinski definition) is 4. The van der Waals surface area contributed by atoms with Crippen LogP contribution in [0.1, 0.15) is 23.6 Å². The predicted octanol–water partition coefficient (Wildman–Crippen LogP) is 6.64. The van der Waals surface area contributed by atoms with Crippen molar-refractivity contribution in [2.75, 3.05) is 13.7 Å². The molecule has 6 heteroatoms. The van der Waals surface area contributed by atoms with E-state index < -0.39 is 0 Å². The number of nitriles is 1. The summed E-state index contributed by atoms with van der Waals surface area (Å²) in [6.45, 7) is 2.52. The highest BCUT2D eigenvalue weighted by Crippen LogP contribution is 2.38. The van der Waals surface area contributed by atoms with Crippen LogP contribution in [-0.4, -0.2) is 13.7 Å². The van der Waals surface area contributed by atoms with Crippen molar-refractivity contribution in [3.63, 3.8) is 0 Å². The quantitative estimate of drug-likeness (QED) is 0.267. The van der Waals surface area contributed by atoms with Crippen molar-refractivity contribution in [2.24, 2.45) is 0 Å². The maximum atomic E-state index is 13.4. The van der Waals surface area contributed by atoms with Crippen molar-refractivity contribution in [1.29, 1.82) is 5.26 Å². The molecule has 0 aliphatic rings. The molecule has 4 nitrogen and oxygen atoms in total. The number of benzene rings is 3. The highest BCUT2D eigenvalue weighted by Gasteiger charge is 2.13. The normalized spacial score (nSPS) is 11.0. The molecule has 0 unspecified atom stereocenters. The van der Waals surface area contributed by atoms with Crippen LogP contribution >= 0.6 is 15.9 Å². The van der Waals surface area contributed by atoms with Gasteiger partial charge in [-0.1, -0.05) is 12.1 Å². The Morgan fingerprint density at radius 3 is 2.52 bits per heavy atom. The zero-order valence-electron chi connectivity index (χ0n) is 17.2. The number of hydrogen-bond donors (Lipinski definition) is 0. The molecule has 0 atom stereocenters. The summed E-state index contributed by atoms with van der Waals surface area (Å²) < 4.78 is 31.0. The molecule has 0 N–H and O–H groups in total. The molecule has 0 bridgehead atoms. The number of nitrogens with zero attached hydrogens (tertiary/aromatic N) is 1. The maximum Gasteiger partial charge on any atom is 0.175 e. The highest BCUT2D eigenvalue weighted by molar-refractivity contribution is 9.10. The van der Waals surface area contributed by atoms with Crippen molar-refractivity contribution in [2.45, 2.75) is 13.5 Å². The van der Waals surface area contributed by atoms with Gasteiger partial charge in [-0.15, -0.1) is 0 Å². The van der Waals surface area contributed by atoms with Gasteiger partial charge in [-0.25, -0.2) is 4.39 Å². The molecule has 0 saturated carbocycles. The Kier molecular flexibility index (Phi) is 7.69. The number of methoxy groups -OCH3 is 1. The zero-order valence-corrected chi connectivity index (χ0v) is 18.8. The van der Waals surface area contributed by atoms with Crippen LogP contribution in [0.5, 0.6) is 17.2 Å². The second-order valence-electron chi connectivity index (χ2n) is 6.58. The van der Waals surface area contributed by atoms with Crippen molar-refractivity contribution in [3.05, 3.63) is 87.6 Å². The molecule has 0 saturated heterocycles. The molecule has 3 aromatic carbocycles. The summed E-state index contributed by atoms with van der Waals surface area (Å²) in [6.07, 6.45) is 1.78. The number of rotatable bonds is 8. The van der Waals surface area contributed by atoms with E-state index in [0.29, 0.717) is 33.7 Å². The lowest BCUT2D eigenvalue weighted by Crippen LogP contribution is -2.01. The summed E-state index contributed by atoms with van der Waals surface area (Å²) in [7, 11) is 1.60. The second kappa shape index (κ2) is 10.6. The number of halogens is 2. The topological polar surface area (TPSA) is 51.5 Å². The maximum absolute atomic E-state index is 13.4. The van der Waals surface area contributed by atoms with Crippen LogP contribution in [0.3, 0.4) is 0 Å². The number of ether oxygens (including phenoxy) is 3. The Bertz CT molecular complexity index is 1120. The summed E-state index contributed by atoms with van der Waals surface area (Å²) in [5, 5.41) is 9.65. The SMILES string of the molecule is CCOc1cc(/C=C(\C#N)c2ccc(OC)cc2)cc(Br)c1OCc1cccc(F)c1. The minimum atomic E-state index is -0.312. The van der Waals surface area contributed by atoms with E-state index in [4.69, 9.17) is 14.2 Å². The van der Waals surface area contributed by atoms with E-state index in [1.165, 1.54) is 12.1 Å². The lowest BCUT2D eigenvalue weighted by molar-refractivity contribution is 0.267. The smallest absolute Gasteiger partial charge is 0.175 e. The van der Waals surface area contributed by atoms with Crippen LogP contribution < -0.4 is 14.2 Å². The Morgan fingerprint density at radius 2 is 1.87 bits per heavy atom. The van der Waals surface area contributed by atoms with Crippen molar-refractivity contribution in [3.8, 4) is 23.3 Å². The first kappa shape index (κ1) is 22.4. The molecule has 0 fully saturated rings. The van der Waals surface area contributed by atoms with E-state index in [1.54, 1.807) is 25.3 Å². The van der Waals surface area contributed by atoms with E-state index >= 15 is 0 Å². The van der Waals surface area contributed by atoms with Crippen molar-refractivity contribution < 1.29 is 18.6 Å². The van der Waals surface area contributed by atoms with Gasteiger partial charge in [-0.05, 0) is 94.2 Å². The molecular formula is C25H21BrFNO3. The molecule has 0 spiro atoms. The van der Waals surface area contributed by atoms with E-state index in [-0.39, 0.29) is 12.4 Å². The van der Waals surface area contributed by atoms with Crippen LogP contribution in [-0.2, 0) is 6.61 Å². The first-order valence-electron chi connectivity index (χ1n) is 9.63. The fourth-order valence-electron chi connectivity index (χ4n) is 2.97. The zero-order chi connectivity index (χ0) is 22.2. The fourth-order valence-corrected chi connectivity index (χ4v) is 3.55. The first-order valence-corrected chi connectivity index (χ1v) is 10.4. The summed E-state index contributed by atoms with van der Waals surface area (Å²) in [4.78, 5) is 0. The van der Waals surface area contributed by atoms with Gasteiger partial charge in [0.2, 0.25) is 0 Å². The molecule has 3 rings (SSSR count).